The number of hydrogen-bond donors (Lipinski definition) is 2. The number of methoxy groups -OCH3 is 1. The first-order chi connectivity index (χ1) is 12.5. The number of nitrogens with one attached hydrogen (secondary N) is 1. The Hall–Kier alpha value is -2.48. The first kappa shape index (κ1) is 18.3. The number of nitrogens with zero attached hydrogens (tertiary/aromatic N) is 2. The van der Waals surface area contributed by atoms with Gasteiger partial charge in [-0.25, -0.2) is 9.37 Å². The molecule has 0 saturated heterocycles. The van der Waals surface area contributed by atoms with Crippen molar-refractivity contribution in [1.29, 1.82) is 0 Å². The molecule has 0 aliphatic carbocycles. The van der Waals surface area contributed by atoms with Crippen LogP contribution in [0.25, 0.3) is 0 Å². The van der Waals surface area contributed by atoms with Crippen LogP contribution >= 0.6 is 11.6 Å². The Balaban J connectivity index is 1.85. The molecule has 0 spiro atoms. The molecule has 3 rings (SSSR count). The van der Waals surface area contributed by atoms with E-state index in [2.05, 4.69) is 15.2 Å². The van der Waals surface area contributed by atoms with Gasteiger partial charge in [0.2, 0.25) is 0 Å². The summed E-state index contributed by atoms with van der Waals surface area (Å²) in [7, 11) is 1.49. The Morgan fingerprint density at radius 1 is 1.19 bits per heavy atom. The van der Waals surface area contributed by atoms with E-state index in [9.17, 15) is 9.50 Å². The summed E-state index contributed by atoms with van der Waals surface area (Å²) in [6.07, 6.45) is 1.56. The van der Waals surface area contributed by atoms with E-state index >= 15 is 0 Å². The van der Waals surface area contributed by atoms with E-state index < -0.39 is 5.60 Å². The second-order valence-corrected chi connectivity index (χ2v) is 6.16. The molecular formula is C18H17ClFN3O3. The zero-order valence-electron chi connectivity index (χ0n) is 13.9. The molecule has 1 aromatic heterocycles. The molecule has 2 N–H and O–H groups in total. The number of aliphatic hydroxyl groups is 1. The van der Waals surface area contributed by atoms with Crippen LogP contribution in [0, 0.1) is 5.82 Å². The highest BCUT2D eigenvalue weighted by atomic mass is 35.5. The van der Waals surface area contributed by atoms with Crippen LogP contribution in [0.15, 0.2) is 48.8 Å². The molecule has 0 aliphatic heterocycles. The highest BCUT2D eigenvalue weighted by Crippen LogP contribution is 2.35. The molecule has 0 aliphatic rings. The summed E-state index contributed by atoms with van der Waals surface area (Å²) in [5.41, 5.74) is -0.931. The zero-order chi connectivity index (χ0) is 18.6. The standard InChI is InChI=1S/C18H17ClFN3O3/c1-25-10-18(24,9-17-21-11-22-23-17)15-7-6-14(8-16(15)19)26-13-4-2-12(20)3-5-13/h2-8,11,24H,9-10H2,1H3,(H,21,22,23)/t18-/m0/s1. The molecule has 0 saturated carbocycles. The van der Waals surface area contributed by atoms with Crippen LogP contribution < -0.4 is 4.74 Å². The molecule has 136 valence electrons. The van der Waals surface area contributed by atoms with Crippen LogP contribution in [-0.2, 0) is 16.8 Å². The van der Waals surface area contributed by atoms with Crippen molar-refractivity contribution in [3.63, 3.8) is 0 Å². The maximum atomic E-state index is 13.0. The molecule has 0 bridgehead atoms. The molecular weight excluding hydrogens is 361 g/mol. The van der Waals surface area contributed by atoms with E-state index in [1.807, 2.05) is 0 Å². The fourth-order valence-corrected chi connectivity index (χ4v) is 2.97. The number of aromatic nitrogens is 3. The molecule has 6 nitrogen and oxygen atoms in total. The van der Waals surface area contributed by atoms with Gasteiger partial charge in [-0.3, -0.25) is 5.10 Å². The third-order valence-corrected chi connectivity index (χ3v) is 4.10. The lowest BCUT2D eigenvalue weighted by Crippen LogP contribution is -2.34. The smallest absolute Gasteiger partial charge is 0.153 e. The maximum absolute atomic E-state index is 13.0. The molecule has 0 unspecified atom stereocenters. The SMILES string of the molecule is COC[C@@](O)(Cc1nc[nH]n1)c1ccc(Oc2ccc(F)cc2)cc1Cl. The van der Waals surface area contributed by atoms with Gasteiger partial charge in [-0.15, -0.1) is 0 Å². The average Bonchev–Trinajstić information content (AvgIpc) is 3.10. The predicted molar refractivity (Wildman–Crippen MR) is 93.8 cm³/mol. The molecule has 1 heterocycles. The van der Waals surface area contributed by atoms with Crippen molar-refractivity contribution >= 4 is 11.6 Å². The monoisotopic (exact) mass is 377 g/mol. The van der Waals surface area contributed by atoms with E-state index in [1.54, 1.807) is 18.2 Å². The van der Waals surface area contributed by atoms with Gasteiger partial charge in [-0.2, -0.15) is 5.10 Å². The van der Waals surface area contributed by atoms with Crippen LogP contribution in [0.3, 0.4) is 0 Å². The normalized spacial score (nSPS) is 13.4. The van der Waals surface area contributed by atoms with E-state index in [1.165, 1.54) is 37.7 Å². The van der Waals surface area contributed by atoms with Gasteiger partial charge in [-0.1, -0.05) is 17.7 Å². The minimum atomic E-state index is -1.40. The van der Waals surface area contributed by atoms with Gasteiger partial charge in [0.15, 0.2) is 5.82 Å². The number of aromatic amines is 1. The van der Waals surface area contributed by atoms with Crippen molar-refractivity contribution in [2.45, 2.75) is 12.0 Å². The highest BCUT2D eigenvalue weighted by molar-refractivity contribution is 6.31. The summed E-state index contributed by atoms with van der Waals surface area (Å²) in [6, 6.07) is 10.6. The van der Waals surface area contributed by atoms with Crippen LogP contribution in [0.4, 0.5) is 4.39 Å². The largest absolute Gasteiger partial charge is 0.457 e. The van der Waals surface area contributed by atoms with Crippen LogP contribution in [0.1, 0.15) is 11.4 Å². The fraction of sp³-hybridized carbons (Fsp3) is 0.222. The lowest BCUT2D eigenvalue weighted by Gasteiger charge is -2.28. The van der Waals surface area contributed by atoms with Crippen LogP contribution in [0.2, 0.25) is 5.02 Å². The summed E-state index contributed by atoms with van der Waals surface area (Å²) >= 11 is 6.38. The topological polar surface area (TPSA) is 80.3 Å². The first-order valence-corrected chi connectivity index (χ1v) is 8.17. The Labute approximate surface area is 154 Å². The summed E-state index contributed by atoms with van der Waals surface area (Å²) in [5.74, 6) is 1.03. The molecule has 0 fully saturated rings. The van der Waals surface area contributed by atoms with Crippen LogP contribution in [0.5, 0.6) is 11.5 Å². The van der Waals surface area contributed by atoms with Gasteiger partial charge in [0.25, 0.3) is 0 Å². The third kappa shape index (κ3) is 4.19. The van der Waals surface area contributed by atoms with Crippen molar-refractivity contribution in [3.8, 4) is 11.5 Å². The molecule has 8 heteroatoms. The zero-order valence-corrected chi connectivity index (χ0v) is 14.7. The summed E-state index contributed by atoms with van der Waals surface area (Å²) in [4.78, 5) is 4.04. The molecule has 3 aromatic rings. The van der Waals surface area contributed by atoms with Gasteiger partial charge >= 0.3 is 0 Å². The van der Waals surface area contributed by atoms with E-state index in [4.69, 9.17) is 21.1 Å². The van der Waals surface area contributed by atoms with Crippen molar-refractivity contribution in [2.75, 3.05) is 13.7 Å². The van der Waals surface area contributed by atoms with Gasteiger partial charge in [0.1, 0.15) is 29.2 Å². The van der Waals surface area contributed by atoms with Gasteiger partial charge in [0, 0.05) is 19.1 Å². The summed E-state index contributed by atoms with van der Waals surface area (Å²) < 4.78 is 23.8. The lowest BCUT2D eigenvalue weighted by atomic mass is 9.90. The molecule has 1 atom stereocenters. The minimum absolute atomic E-state index is 0.0133. The van der Waals surface area contributed by atoms with Gasteiger partial charge < -0.3 is 14.6 Å². The predicted octanol–water partition coefficient (Wildman–Crippen LogP) is 3.47. The molecule has 2 aromatic carbocycles. The maximum Gasteiger partial charge on any atom is 0.153 e. The van der Waals surface area contributed by atoms with E-state index in [0.717, 1.165) is 0 Å². The average molecular weight is 378 g/mol. The molecule has 26 heavy (non-hydrogen) atoms. The Kier molecular flexibility index (Phi) is 5.51. The molecule has 0 amide bonds. The van der Waals surface area contributed by atoms with Gasteiger partial charge in [-0.05, 0) is 36.4 Å². The van der Waals surface area contributed by atoms with Crippen molar-refractivity contribution in [2.24, 2.45) is 0 Å². The van der Waals surface area contributed by atoms with E-state index in [-0.39, 0.29) is 18.8 Å². The number of H-pyrrole nitrogens is 1. The Bertz CT molecular complexity index is 859. The number of halogens is 2. The number of rotatable bonds is 7. The lowest BCUT2D eigenvalue weighted by molar-refractivity contribution is -0.0367. The van der Waals surface area contributed by atoms with Gasteiger partial charge in [0.05, 0.1) is 11.6 Å². The van der Waals surface area contributed by atoms with Crippen molar-refractivity contribution < 1.29 is 19.0 Å². The van der Waals surface area contributed by atoms with Crippen molar-refractivity contribution in [3.05, 3.63) is 71.0 Å². The number of hydrogen-bond acceptors (Lipinski definition) is 5. The highest BCUT2D eigenvalue weighted by Gasteiger charge is 2.33. The Morgan fingerprint density at radius 3 is 2.54 bits per heavy atom. The fourth-order valence-electron chi connectivity index (χ4n) is 2.62. The van der Waals surface area contributed by atoms with Crippen LogP contribution in [-0.4, -0.2) is 34.0 Å². The second kappa shape index (κ2) is 7.82. The quantitative estimate of drug-likeness (QED) is 0.659. The molecule has 0 radical (unpaired) electrons. The summed E-state index contributed by atoms with van der Waals surface area (Å²) in [5, 5.41) is 17.9. The summed E-state index contributed by atoms with van der Waals surface area (Å²) in [6.45, 7) is 0.0133. The van der Waals surface area contributed by atoms with E-state index in [0.29, 0.717) is 27.9 Å². The number of ether oxygens (including phenoxy) is 2. The number of benzene rings is 2. The Morgan fingerprint density at radius 2 is 1.92 bits per heavy atom. The first-order valence-electron chi connectivity index (χ1n) is 7.79. The minimum Gasteiger partial charge on any atom is -0.457 e. The third-order valence-electron chi connectivity index (χ3n) is 3.79. The van der Waals surface area contributed by atoms with Crippen molar-refractivity contribution in [1.82, 2.24) is 15.2 Å². The second-order valence-electron chi connectivity index (χ2n) is 5.75.